The lowest BCUT2D eigenvalue weighted by Gasteiger charge is -2.39. The van der Waals surface area contributed by atoms with Gasteiger partial charge in [0.1, 0.15) is 0 Å². The van der Waals surface area contributed by atoms with E-state index in [1.807, 2.05) is 27.7 Å². The highest BCUT2D eigenvalue weighted by Gasteiger charge is 2.36. The van der Waals surface area contributed by atoms with E-state index >= 15 is 0 Å². The molecule has 0 aromatic rings. The van der Waals surface area contributed by atoms with Crippen molar-refractivity contribution in [3.8, 4) is 0 Å². The molecular weight excluding hydrogens is 252 g/mol. The third-order valence-electron chi connectivity index (χ3n) is 3.99. The van der Waals surface area contributed by atoms with Crippen LogP contribution in [0.3, 0.4) is 0 Å². The van der Waals surface area contributed by atoms with E-state index in [1.54, 1.807) is 4.90 Å². The van der Waals surface area contributed by atoms with Crippen LogP contribution in [0.4, 0.5) is 0 Å². The van der Waals surface area contributed by atoms with Crippen LogP contribution in [0.5, 0.6) is 0 Å². The molecule has 1 fully saturated rings. The predicted molar refractivity (Wildman–Crippen MR) is 71.6 cm³/mol. The van der Waals surface area contributed by atoms with E-state index in [-0.39, 0.29) is 11.8 Å². The van der Waals surface area contributed by atoms with Crippen molar-refractivity contribution in [2.24, 2.45) is 11.3 Å². The zero-order valence-electron chi connectivity index (χ0n) is 11.9. The standard InChI is InChI=1S/C12H24N2O3S/c1-10(2)12(3,4)11(15)13-6-8-14(9-7-13)18(5,16)17/h10H,6-9H2,1-5H3. The molecule has 1 heterocycles. The molecule has 106 valence electrons. The second-order valence-electron chi connectivity index (χ2n) is 5.83. The molecule has 0 unspecified atom stereocenters. The minimum absolute atomic E-state index is 0.116. The van der Waals surface area contributed by atoms with Crippen LogP contribution in [0.2, 0.25) is 0 Å². The largest absolute Gasteiger partial charge is 0.340 e. The van der Waals surface area contributed by atoms with E-state index in [0.717, 1.165) is 0 Å². The minimum atomic E-state index is -3.13. The molecule has 0 spiro atoms. The summed E-state index contributed by atoms with van der Waals surface area (Å²) in [6.45, 7) is 9.74. The summed E-state index contributed by atoms with van der Waals surface area (Å²) >= 11 is 0. The molecule has 1 aliphatic heterocycles. The Bertz CT molecular complexity index is 407. The molecule has 1 rings (SSSR count). The van der Waals surface area contributed by atoms with E-state index in [1.165, 1.54) is 10.6 Å². The average Bonchev–Trinajstić information content (AvgIpc) is 2.26. The van der Waals surface area contributed by atoms with Crippen molar-refractivity contribution in [3.63, 3.8) is 0 Å². The Morgan fingerprint density at radius 2 is 1.56 bits per heavy atom. The zero-order valence-corrected chi connectivity index (χ0v) is 12.7. The molecule has 0 aliphatic carbocycles. The van der Waals surface area contributed by atoms with Gasteiger partial charge in [-0.2, -0.15) is 4.31 Å². The maximum Gasteiger partial charge on any atom is 0.228 e. The van der Waals surface area contributed by atoms with Crippen molar-refractivity contribution in [1.29, 1.82) is 0 Å². The van der Waals surface area contributed by atoms with Gasteiger partial charge in [-0.05, 0) is 5.92 Å². The lowest BCUT2D eigenvalue weighted by Crippen LogP contribution is -2.54. The molecule has 0 aromatic carbocycles. The third kappa shape index (κ3) is 3.23. The highest BCUT2D eigenvalue weighted by molar-refractivity contribution is 7.88. The van der Waals surface area contributed by atoms with Crippen molar-refractivity contribution in [2.45, 2.75) is 27.7 Å². The third-order valence-corrected chi connectivity index (χ3v) is 5.29. The van der Waals surface area contributed by atoms with E-state index < -0.39 is 15.4 Å². The Kier molecular flexibility index (Phi) is 4.43. The maximum atomic E-state index is 12.4. The summed E-state index contributed by atoms with van der Waals surface area (Å²) in [6, 6.07) is 0. The Hall–Kier alpha value is -0.620. The van der Waals surface area contributed by atoms with Crippen LogP contribution in [-0.2, 0) is 14.8 Å². The molecule has 0 bridgehead atoms. The lowest BCUT2D eigenvalue weighted by atomic mass is 9.80. The van der Waals surface area contributed by atoms with Gasteiger partial charge in [-0.15, -0.1) is 0 Å². The molecule has 1 aliphatic rings. The summed E-state index contributed by atoms with van der Waals surface area (Å²) < 4.78 is 24.2. The Balaban J connectivity index is 2.67. The van der Waals surface area contributed by atoms with Crippen LogP contribution < -0.4 is 0 Å². The van der Waals surface area contributed by atoms with Gasteiger partial charge >= 0.3 is 0 Å². The highest BCUT2D eigenvalue weighted by Crippen LogP contribution is 2.29. The summed E-state index contributed by atoms with van der Waals surface area (Å²) in [5.41, 5.74) is -0.396. The molecule has 0 N–H and O–H groups in total. The van der Waals surface area contributed by atoms with Gasteiger partial charge in [0.25, 0.3) is 0 Å². The number of carbonyl (C=O) groups excluding carboxylic acids is 1. The topological polar surface area (TPSA) is 57.7 Å². The van der Waals surface area contributed by atoms with Crippen molar-refractivity contribution in [1.82, 2.24) is 9.21 Å². The fraction of sp³-hybridized carbons (Fsp3) is 0.917. The predicted octanol–water partition coefficient (Wildman–Crippen LogP) is 0.772. The zero-order chi connectivity index (χ0) is 14.1. The van der Waals surface area contributed by atoms with Gasteiger partial charge < -0.3 is 4.90 Å². The summed E-state index contributed by atoms with van der Waals surface area (Å²) in [7, 11) is -3.13. The van der Waals surface area contributed by atoms with Crippen LogP contribution in [0.25, 0.3) is 0 Å². The van der Waals surface area contributed by atoms with Crippen molar-refractivity contribution in [3.05, 3.63) is 0 Å². The van der Waals surface area contributed by atoms with Gasteiger partial charge in [0.05, 0.1) is 6.26 Å². The van der Waals surface area contributed by atoms with Crippen LogP contribution in [0, 0.1) is 11.3 Å². The van der Waals surface area contributed by atoms with Crippen LogP contribution in [0.15, 0.2) is 0 Å². The number of hydrogen-bond acceptors (Lipinski definition) is 3. The Morgan fingerprint density at radius 3 is 1.89 bits per heavy atom. The van der Waals surface area contributed by atoms with Gasteiger partial charge in [-0.1, -0.05) is 27.7 Å². The first-order valence-electron chi connectivity index (χ1n) is 6.31. The molecule has 1 saturated heterocycles. The van der Waals surface area contributed by atoms with Gasteiger partial charge in [0.2, 0.25) is 15.9 Å². The summed E-state index contributed by atoms with van der Waals surface area (Å²) in [5.74, 6) is 0.378. The number of nitrogens with zero attached hydrogens (tertiary/aromatic N) is 2. The average molecular weight is 276 g/mol. The van der Waals surface area contributed by atoms with Gasteiger partial charge in [0, 0.05) is 31.6 Å². The first-order valence-corrected chi connectivity index (χ1v) is 8.16. The molecule has 6 heteroatoms. The van der Waals surface area contributed by atoms with E-state index in [9.17, 15) is 13.2 Å². The van der Waals surface area contributed by atoms with Gasteiger partial charge in [-0.25, -0.2) is 8.42 Å². The normalized spacial score (nSPS) is 19.3. The molecule has 0 radical (unpaired) electrons. The van der Waals surface area contributed by atoms with Crippen LogP contribution in [0.1, 0.15) is 27.7 Å². The molecule has 18 heavy (non-hydrogen) atoms. The Morgan fingerprint density at radius 1 is 1.11 bits per heavy atom. The van der Waals surface area contributed by atoms with Gasteiger partial charge in [0.15, 0.2) is 0 Å². The number of amides is 1. The first-order chi connectivity index (χ1) is 8.06. The smallest absolute Gasteiger partial charge is 0.228 e. The quantitative estimate of drug-likeness (QED) is 0.765. The lowest BCUT2D eigenvalue weighted by molar-refractivity contribution is -0.143. The molecule has 0 aromatic heterocycles. The fourth-order valence-corrected chi connectivity index (χ4v) is 2.70. The van der Waals surface area contributed by atoms with Crippen molar-refractivity contribution >= 4 is 15.9 Å². The van der Waals surface area contributed by atoms with Gasteiger partial charge in [-0.3, -0.25) is 4.79 Å². The molecular formula is C12H24N2O3S. The number of rotatable bonds is 3. The number of sulfonamides is 1. The minimum Gasteiger partial charge on any atom is -0.340 e. The second-order valence-corrected chi connectivity index (χ2v) is 7.81. The summed E-state index contributed by atoms with van der Waals surface area (Å²) in [4.78, 5) is 14.2. The van der Waals surface area contributed by atoms with Crippen molar-refractivity contribution < 1.29 is 13.2 Å². The SMILES string of the molecule is CC(C)C(C)(C)C(=O)N1CCN(S(C)(=O)=O)CC1. The van der Waals surface area contributed by atoms with E-state index in [4.69, 9.17) is 0 Å². The molecule has 5 nitrogen and oxygen atoms in total. The fourth-order valence-electron chi connectivity index (χ4n) is 1.88. The van der Waals surface area contributed by atoms with Crippen LogP contribution >= 0.6 is 0 Å². The number of hydrogen-bond donors (Lipinski definition) is 0. The Labute approximate surface area is 110 Å². The first kappa shape index (κ1) is 15.4. The van der Waals surface area contributed by atoms with Crippen molar-refractivity contribution in [2.75, 3.05) is 32.4 Å². The van der Waals surface area contributed by atoms with E-state index in [0.29, 0.717) is 26.2 Å². The van der Waals surface area contributed by atoms with E-state index in [2.05, 4.69) is 0 Å². The summed E-state index contributed by atoms with van der Waals surface area (Å²) in [6.07, 6.45) is 1.21. The number of carbonyl (C=O) groups is 1. The number of piperazine rings is 1. The molecule has 0 atom stereocenters. The second kappa shape index (κ2) is 5.17. The monoisotopic (exact) mass is 276 g/mol. The summed E-state index contributed by atoms with van der Waals surface area (Å²) in [5, 5.41) is 0. The maximum absolute atomic E-state index is 12.4. The molecule has 1 amide bonds. The molecule has 0 saturated carbocycles. The highest BCUT2D eigenvalue weighted by atomic mass is 32.2. The van der Waals surface area contributed by atoms with Crippen LogP contribution in [-0.4, -0.2) is 56.0 Å².